The van der Waals surface area contributed by atoms with Crippen LogP contribution in [0, 0.1) is 0 Å². The molecule has 1 aliphatic rings. The number of rotatable bonds is 4. The van der Waals surface area contributed by atoms with Gasteiger partial charge in [-0.3, -0.25) is 4.79 Å². The first-order valence-corrected chi connectivity index (χ1v) is 5.46. The molecule has 0 aromatic carbocycles. The van der Waals surface area contributed by atoms with E-state index < -0.39 is 18.1 Å². The fourth-order valence-electron chi connectivity index (χ4n) is 1.48. The molecule has 0 aromatic rings. The summed E-state index contributed by atoms with van der Waals surface area (Å²) in [5.74, 6) is -0.277. The zero-order valence-corrected chi connectivity index (χ0v) is 9.53. The third-order valence-corrected chi connectivity index (χ3v) is 2.64. The molecule has 94 valence electrons. The minimum atomic E-state index is -4.18. The van der Waals surface area contributed by atoms with Gasteiger partial charge in [0.1, 0.15) is 5.38 Å². The second-order valence-corrected chi connectivity index (χ2v) is 4.64. The van der Waals surface area contributed by atoms with Gasteiger partial charge >= 0.3 is 6.18 Å². The SMILES string of the molecule is CC(Cl)C(=O)NC1CC(NCC(F)(F)F)C1. The van der Waals surface area contributed by atoms with Gasteiger partial charge in [0.2, 0.25) is 5.91 Å². The Balaban J connectivity index is 2.12. The molecule has 0 bridgehead atoms. The summed E-state index contributed by atoms with van der Waals surface area (Å²) >= 11 is 5.53. The second-order valence-electron chi connectivity index (χ2n) is 3.99. The lowest BCUT2D eigenvalue weighted by molar-refractivity contribution is -0.129. The van der Waals surface area contributed by atoms with Crippen molar-refractivity contribution in [2.75, 3.05) is 6.54 Å². The molecular weight excluding hydrogens is 245 g/mol. The molecule has 2 N–H and O–H groups in total. The first-order valence-electron chi connectivity index (χ1n) is 5.02. The van der Waals surface area contributed by atoms with Gasteiger partial charge in [-0.05, 0) is 19.8 Å². The number of alkyl halides is 4. The molecule has 1 fully saturated rings. The molecule has 3 nitrogen and oxygen atoms in total. The highest BCUT2D eigenvalue weighted by Gasteiger charge is 2.34. The maximum Gasteiger partial charge on any atom is 0.401 e. The van der Waals surface area contributed by atoms with Gasteiger partial charge in [0, 0.05) is 12.1 Å². The lowest BCUT2D eigenvalue weighted by Gasteiger charge is -2.36. The van der Waals surface area contributed by atoms with Crippen molar-refractivity contribution in [1.29, 1.82) is 0 Å². The molecule has 0 spiro atoms. The number of carbonyl (C=O) groups is 1. The largest absolute Gasteiger partial charge is 0.401 e. The van der Waals surface area contributed by atoms with Crippen molar-refractivity contribution in [3.63, 3.8) is 0 Å². The number of hydrogen-bond acceptors (Lipinski definition) is 2. The van der Waals surface area contributed by atoms with E-state index in [4.69, 9.17) is 11.6 Å². The summed E-state index contributed by atoms with van der Waals surface area (Å²) in [5, 5.41) is 4.42. The lowest BCUT2D eigenvalue weighted by atomic mass is 9.86. The van der Waals surface area contributed by atoms with E-state index in [9.17, 15) is 18.0 Å². The molecule has 1 aliphatic carbocycles. The Morgan fingerprint density at radius 2 is 2.00 bits per heavy atom. The van der Waals surface area contributed by atoms with E-state index in [0.29, 0.717) is 12.8 Å². The van der Waals surface area contributed by atoms with E-state index in [-0.39, 0.29) is 18.0 Å². The summed E-state index contributed by atoms with van der Waals surface area (Å²) in [6.45, 7) is 0.569. The van der Waals surface area contributed by atoms with Gasteiger partial charge in [0.05, 0.1) is 6.54 Å². The molecule has 0 heterocycles. The lowest BCUT2D eigenvalue weighted by Crippen LogP contribution is -2.54. The van der Waals surface area contributed by atoms with Gasteiger partial charge < -0.3 is 10.6 Å². The third-order valence-electron chi connectivity index (χ3n) is 2.44. The van der Waals surface area contributed by atoms with Crippen molar-refractivity contribution < 1.29 is 18.0 Å². The van der Waals surface area contributed by atoms with Crippen LogP contribution in [0.5, 0.6) is 0 Å². The number of nitrogens with one attached hydrogen (secondary N) is 2. The fraction of sp³-hybridized carbons (Fsp3) is 0.889. The van der Waals surface area contributed by atoms with Crippen molar-refractivity contribution in [1.82, 2.24) is 10.6 Å². The Kier molecular flexibility index (Phi) is 4.43. The van der Waals surface area contributed by atoms with E-state index in [1.807, 2.05) is 0 Å². The van der Waals surface area contributed by atoms with Crippen LogP contribution >= 0.6 is 11.6 Å². The topological polar surface area (TPSA) is 41.1 Å². The van der Waals surface area contributed by atoms with E-state index in [2.05, 4.69) is 10.6 Å². The molecule has 1 saturated carbocycles. The van der Waals surface area contributed by atoms with Crippen molar-refractivity contribution in [3.8, 4) is 0 Å². The highest BCUT2D eigenvalue weighted by atomic mass is 35.5. The van der Waals surface area contributed by atoms with E-state index >= 15 is 0 Å². The fourth-order valence-corrected chi connectivity index (χ4v) is 1.54. The van der Waals surface area contributed by atoms with Crippen molar-refractivity contribution in [3.05, 3.63) is 0 Å². The third kappa shape index (κ3) is 4.57. The Morgan fingerprint density at radius 1 is 1.44 bits per heavy atom. The van der Waals surface area contributed by atoms with Crippen LogP contribution in [0.2, 0.25) is 0 Å². The predicted octanol–water partition coefficient (Wildman–Crippen LogP) is 1.41. The highest BCUT2D eigenvalue weighted by molar-refractivity contribution is 6.30. The monoisotopic (exact) mass is 258 g/mol. The van der Waals surface area contributed by atoms with Gasteiger partial charge in [-0.2, -0.15) is 13.2 Å². The minimum absolute atomic E-state index is 0.0561. The van der Waals surface area contributed by atoms with Crippen molar-refractivity contribution >= 4 is 17.5 Å². The Hall–Kier alpha value is -0.490. The normalized spacial score (nSPS) is 27.1. The molecule has 1 amide bonds. The van der Waals surface area contributed by atoms with Gasteiger partial charge in [-0.1, -0.05) is 0 Å². The Bertz CT molecular complexity index is 252. The molecule has 1 atom stereocenters. The van der Waals surface area contributed by atoms with E-state index in [1.165, 1.54) is 0 Å². The zero-order valence-electron chi connectivity index (χ0n) is 8.77. The summed E-state index contributed by atoms with van der Waals surface area (Å²) in [4.78, 5) is 11.1. The van der Waals surface area contributed by atoms with Crippen LogP contribution in [0.4, 0.5) is 13.2 Å². The second kappa shape index (κ2) is 5.23. The van der Waals surface area contributed by atoms with Crippen molar-refractivity contribution in [2.45, 2.75) is 43.4 Å². The quantitative estimate of drug-likeness (QED) is 0.749. The maximum absolute atomic E-state index is 11.8. The van der Waals surface area contributed by atoms with Crippen LogP contribution in [0.1, 0.15) is 19.8 Å². The van der Waals surface area contributed by atoms with Gasteiger partial charge in [-0.15, -0.1) is 11.6 Å². The predicted molar refractivity (Wildman–Crippen MR) is 54.3 cm³/mol. The van der Waals surface area contributed by atoms with Gasteiger partial charge in [0.15, 0.2) is 0 Å². The molecule has 16 heavy (non-hydrogen) atoms. The average molecular weight is 259 g/mol. The van der Waals surface area contributed by atoms with Crippen LogP contribution in [0.15, 0.2) is 0 Å². The summed E-state index contributed by atoms with van der Waals surface area (Å²) in [6, 6.07) is -0.225. The molecule has 7 heteroatoms. The highest BCUT2D eigenvalue weighted by Crippen LogP contribution is 2.22. The molecule has 1 unspecified atom stereocenters. The van der Waals surface area contributed by atoms with E-state index in [1.54, 1.807) is 6.92 Å². The van der Waals surface area contributed by atoms with Crippen LogP contribution in [0.3, 0.4) is 0 Å². The van der Waals surface area contributed by atoms with Crippen LogP contribution in [-0.4, -0.2) is 36.1 Å². The van der Waals surface area contributed by atoms with Crippen LogP contribution in [-0.2, 0) is 4.79 Å². The number of hydrogen-bond donors (Lipinski definition) is 2. The summed E-state index contributed by atoms with van der Waals surface area (Å²) in [7, 11) is 0. The molecule has 0 radical (unpaired) electrons. The van der Waals surface area contributed by atoms with Crippen LogP contribution < -0.4 is 10.6 Å². The average Bonchev–Trinajstić information content (AvgIpc) is 2.06. The smallest absolute Gasteiger partial charge is 0.352 e. The minimum Gasteiger partial charge on any atom is -0.352 e. The van der Waals surface area contributed by atoms with E-state index in [0.717, 1.165) is 0 Å². The van der Waals surface area contributed by atoms with Crippen LogP contribution in [0.25, 0.3) is 0 Å². The number of carbonyl (C=O) groups excluding carboxylic acids is 1. The van der Waals surface area contributed by atoms with Gasteiger partial charge in [0.25, 0.3) is 0 Å². The Labute approximate surface area is 96.7 Å². The first kappa shape index (κ1) is 13.6. The Morgan fingerprint density at radius 3 is 2.44 bits per heavy atom. The standard InChI is InChI=1S/C9H14ClF3N2O/c1-5(10)8(16)15-7-2-6(3-7)14-4-9(11,12)13/h5-7,14H,2-4H2,1H3,(H,15,16). The molecule has 0 aliphatic heterocycles. The summed E-state index contributed by atoms with van der Waals surface area (Å²) < 4.78 is 35.5. The zero-order chi connectivity index (χ0) is 12.3. The summed E-state index contributed by atoms with van der Waals surface area (Å²) in [5.41, 5.74) is 0. The molecule has 0 saturated heterocycles. The first-order chi connectivity index (χ1) is 7.28. The summed E-state index contributed by atoms with van der Waals surface area (Å²) in [6.07, 6.45) is -3.14. The van der Waals surface area contributed by atoms with Crippen molar-refractivity contribution in [2.24, 2.45) is 0 Å². The molecule has 0 aromatic heterocycles. The maximum atomic E-state index is 11.8. The molecule has 1 rings (SSSR count). The van der Waals surface area contributed by atoms with Gasteiger partial charge in [-0.25, -0.2) is 0 Å². The number of amides is 1. The molecular formula is C9H14ClF3N2O. The number of halogens is 4.